The van der Waals surface area contributed by atoms with Gasteiger partial charge in [0.1, 0.15) is 0 Å². The van der Waals surface area contributed by atoms with Crippen LogP contribution in [0.5, 0.6) is 0 Å². The van der Waals surface area contributed by atoms with Crippen molar-refractivity contribution >= 4 is 0 Å². The Bertz CT molecular complexity index is 306. The van der Waals surface area contributed by atoms with Crippen LogP contribution >= 0.6 is 0 Å². The minimum atomic E-state index is 0.313. The lowest BCUT2D eigenvalue weighted by atomic mass is 9.59. The lowest BCUT2D eigenvalue weighted by molar-refractivity contribution is 0.0902. The molecule has 18 heavy (non-hydrogen) atoms. The van der Waals surface area contributed by atoms with Crippen LogP contribution in [0, 0.1) is 16.7 Å². The second-order valence-electron chi connectivity index (χ2n) is 6.85. The fraction of sp³-hybridized carbons (Fsp3) is 0.667. The number of hydrogen-bond donors (Lipinski definition) is 0. The maximum Gasteiger partial charge on any atom is -0.00736 e. The Balaban J connectivity index is 0.000000873. The third-order valence-corrected chi connectivity index (χ3v) is 3.71. The SMILES string of the molecule is C=C(/C=C\C)[C@]1(C)CC(C)CC(C)(C)C1.C=CC. The Morgan fingerprint density at radius 2 is 1.67 bits per heavy atom. The summed E-state index contributed by atoms with van der Waals surface area (Å²) < 4.78 is 0. The second kappa shape index (κ2) is 6.97. The van der Waals surface area contributed by atoms with Crippen LogP contribution in [-0.4, -0.2) is 0 Å². The van der Waals surface area contributed by atoms with Gasteiger partial charge in [0.05, 0.1) is 0 Å². The minimum absolute atomic E-state index is 0.313. The molecule has 0 amide bonds. The van der Waals surface area contributed by atoms with Crippen LogP contribution in [0.25, 0.3) is 0 Å². The van der Waals surface area contributed by atoms with Gasteiger partial charge in [-0.3, -0.25) is 0 Å². The lowest BCUT2D eigenvalue weighted by Crippen LogP contribution is -2.35. The molecule has 0 aliphatic heterocycles. The zero-order valence-corrected chi connectivity index (χ0v) is 13.3. The monoisotopic (exact) mass is 248 g/mol. The quantitative estimate of drug-likeness (QED) is 0.405. The van der Waals surface area contributed by atoms with Gasteiger partial charge in [0.25, 0.3) is 0 Å². The highest BCUT2D eigenvalue weighted by molar-refractivity contribution is 5.24. The van der Waals surface area contributed by atoms with E-state index in [4.69, 9.17) is 0 Å². The smallest absolute Gasteiger partial charge is 0.00736 e. The first-order chi connectivity index (χ1) is 8.20. The van der Waals surface area contributed by atoms with Gasteiger partial charge in [-0.05, 0) is 55.4 Å². The van der Waals surface area contributed by atoms with E-state index in [-0.39, 0.29) is 0 Å². The fourth-order valence-electron chi connectivity index (χ4n) is 3.63. The first-order valence-electron chi connectivity index (χ1n) is 7.10. The summed E-state index contributed by atoms with van der Waals surface area (Å²) in [5.74, 6) is 0.820. The summed E-state index contributed by atoms with van der Waals surface area (Å²) in [6, 6.07) is 0. The highest BCUT2D eigenvalue weighted by Crippen LogP contribution is 2.51. The lowest BCUT2D eigenvalue weighted by Gasteiger charge is -2.46. The number of allylic oxidation sites excluding steroid dienone is 4. The summed E-state index contributed by atoms with van der Waals surface area (Å²) in [6.45, 7) is 21.1. The van der Waals surface area contributed by atoms with Gasteiger partial charge in [0.2, 0.25) is 0 Å². The zero-order valence-electron chi connectivity index (χ0n) is 13.3. The standard InChI is InChI=1S/C15H26.C3H6/c1-7-8-13(3)15(6)10-12(2)9-14(4,5)11-15;1-3-2/h7-8,12H,3,9-11H2,1-2,4-6H3;3H,1H2,2H3/b8-7-;/t12?,15-;/m1./s1. The third kappa shape index (κ3) is 5.25. The van der Waals surface area contributed by atoms with Gasteiger partial charge in [0.15, 0.2) is 0 Å². The van der Waals surface area contributed by atoms with E-state index in [1.165, 1.54) is 24.8 Å². The van der Waals surface area contributed by atoms with Crippen molar-refractivity contribution in [2.75, 3.05) is 0 Å². The Hall–Kier alpha value is -0.780. The molecule has 1 aliphatic carbocycles. The molecule has 0 spiro atoms. The molecule has 0 bridgehead atoms. The summed E-state index contributed by atoms with van der Waals surface area (Å²) >= 11 is 0. The Morgan fingerprint density at radius 3 is 2.06 bits per heavy atom. The van der Waals surface area contributed by atoms with Gasteiger partial charge >= 0.3 is 0 Å². The molecule has 0 aromatic carbocycles. The van der Waals surface area contributed by atoms with Crippen molar-refractivity contribution in [3.63, 3.8) is 0 Å². The minimum Gasteiger partial charge on any atom is -0.103 e. The molecule has 0 aromatic heterocycles. The normalized spacial score (nSPS) is 30.4. The molecule has 1 saturated carbocycles. The van der Waals surface area contributed by atoms with E-state index >= 15 is 0 Å². The molecule has 1 unspecified atom stereocenters. The molecule has 0 nitrogen and oxygen atoms in total. The molecule has 2 atom stereocenters. The van der Waals surface area contributed by atoms with Gasteiger partial charge in [-0.1, -0.05) is 52.5 Å². The molecule has 1 rings (SSSR count). The van der Waals surface area contributed by atoms with Crippen molar-refractivity contribution in [3.8, 4) is 0 Å². The van der Waals surface area contributed by atoms with Gasteiger partial charge in [-0.2, -0.15) is 0 Å². The maximum absolute atomic E-state index is 4.25. The van der Waals surface area contributed by atoms with E-state index in [0.717, 1.165) is 5.92 Å². The summed E-state index contributed by atoms with van der Waals surface area (Å²) in [6.07, 6.45) is 9.97. The van der Waals surface area contributed by atoms with Crippen LogP contribution in [0.4, 0.5) is 0 Å². The molecule has 0 aromatic rings. The van der Waals surface area contributed by atoms with Crippen LogP contribution in [0.2, 0.25) is 0 Å². The molecule has 104 valence electrons. The van der Waals surface area contributed by atoms with E-state index < -0.39 is 0 Å². The van der Waals surface area contributed by atoms with E-state index in [2.05, 4.69) is 59.9 Å². The van der Waals surface area contributed by atoms with Gasteiger partial charge in [0, 0.05) is 0 Å². The van der Waals surface area contributed by atoms with Gasteiger partial charge in [-0.25, -0.2) is 0 Å². The average Bonchev–Trinajstić information content (AvgIpc) is 2.15. The van der Waals surface area contributed by atoms with Crippen molar-refractivity contribution < 1.29 is 0 Å². The largest absolute Gasteiger partial charge is 0.103 e. The van der Waals surface area contributed by atoms with Crippen LogP contribution < -0.4 is 0 Å². The summed E-state index contributed by atoms with van der Waals surface area (Å²) in [4.78, 5) is 0. The van der Waals surface area contributed by atoms with Crippen molar-refractivity contribution in [1.29, 1.82) is 0 Å². The topological polar surface area (TPSA) is 0 Å². The first kappa shape index (κ1) is 17.2. The van der Waals surface area contributed by atoms with E-state index in [0.29, 0.717) is 10.8 Å². The van der Waals surface area contributed by atoms with Gasteiger partial charge in [-0.15, -0.1) is 6.58 Å². The van der Waals surface area contributed by atoms with Crippen molar-refractivity contribution in [1.82, 2.24) is 0 Å². The molecule has 1 fully saturated rings. The van der Waals surface area contributed by atoms with Crippen molar-refractivity contribution in [2.45, 2.75) is 60.8 Å². The molecule has 0 heterocycles. The highest BCUT2D eigenvalue weighted by Gasteiger charge is 2.40. The van der Waals surface area contributed by atoms with Crippen molar-refractivity contribution in [3.05, 3.63) is 37.0 Å². The number of rotatable bonds is 2. The van der Waals surface area contributed by atoms with E-state index in [1.807, 2.05) is 6.92 Å². The average molecular weight is 248 g/mol. The van der Waals surface area contributed by atoms with Crippen LogP contribution in [0.3, 0.4) is 0 Å². The molecular weight excluding hydrogens is 216 g/mol. The van der Waals surface area contributed by atoms with Crippen molar-refractivity contribution in [2.24, 2.45) is 16.7 Å². The maximum atomic E-state index is 4.25. The summed E-state index contributed by atoms with van der Waals surface area (Å²) in [5.41, 5.74) is 2.09. The summed E-state index contributed by atoms with van der Waals surface area (Å²) in [7, 11) is 0. The molecule has 0 heteroatoms. The fourth-order valence-corrected chi connectivity index (χ4v) is 3.63. The Kier molecular flexibility index (Phi) is 6.67. The Morgan fingerprint density at radius 1 is 1.17 bits per heavy atom. The molecule has 0 saturated heterocycles. The van der Waals surface area contributed by atoms with Gasteiger partial charge < -0.3 is 0 Å². The molecular formula is C18H32. The van der Waals surface area contributed by atoms with Crippen LogP contribution in [0.15, 0.2) is 37.0 Å². The van der Waals surface area contributed by atoms with Crippen LogP contribution in [-0.2, 0) is 0 Å². The Labute approximate surface area is 115 Å². The molecule has 1 aliphatic rings. The van der Waals surface area contributed by atoms with Crippen LogP contribution in [0.1, 0.15) is 60.8 Å². The zero-order chi connectivity index (χ0) is 14.4. The molecule has 0 radical (unpaired) electrons. The summed E-state index contributed by atoms with van der Waals surface area (Å²) in [5, 5.41) is 0. The van der Waals surface area contributed by atoms with E-state index in [1.54, 1.807) is 6.08 Å². The predicted octanol–water partition coefficient (Wildman–Crippen LogP) is 6.16. The highest BCUT2D eigenvalue weighted by atomic mass is 14.4. The van der Waals surface area contributed by atoms with E-state index in [9.17, 15) is 0 Å². The predicted molar refractivity (Wildman–Crippen MR) is 84.7 cm³/mol. The number of hydrogen-bond acceptors (Lipinski definition) is 0. The third-order valence-electron chi connectivity index (χ3n) is 3.71. The molecule has 0 N–H and O–H groups in total. The first-order valence-corrected chi connectivity index (χ1v) is 7.10. The second-order valence-corrected chi connectivity index (χ2v) is 6.85.